The number of nitrogens with two attached hydrogens (primary N) is 1. The fourth-order valence-corrected chi connectivity index (χ4v) is 2.96. The Bertz CT molecular complexity index is 956. The van der Waals surface area contributed by atoms with Crippen LogP contribution in [0.3, 0.4) is 0 Å². The van der Waals surface area contributed by atoms with Crippen molar-refractivity contribution in [3.05, 3.63) is 84.2 Å². The van der Waals surface area contributed by atoms with Crippen LogP contribution >= 0.6 is 0 Å². The second kappa shape index (κ2) is 10.9. The van der Waals surface area contributed by atoms with E-state index in [0.717, 1.165) is 40.2 Å². The van der Waals surface area contributed by atoms with Crippen LogP contribution in [0.1, 0.15) is 30.5 Å². The highest BCUT2D eigenvalue weighted by Gasteiger charge is 2.01. The van der Waals surface area contributed by atoms with Crippen LogP contribution in [-0.4, -0.2) is 19.1 Å². The fourth-order valence-electron chi connectivity index (χ4n) is 2.96. The van der Waals surface area contributed by atoms with E-state index in [9.17, 15) is 0 Å². The van der Waals surface area contributed by atoms with Crippen molar-refractivity contribution in [3.8, 4) is 0 Å². The molecule has 0 amide bonds. The Hall–Kier alpha value is -3.27. The number of nitrogens with one attached hydrogen (secondary N) is 2. The third kappa shape index (κ3) is 6.68. The predicted molar refractivity (Wildman–Crippen MR) is 128 cm³/mol. The first kappa shape index (κ1) is 22.0. The molecular weight excluding hydrogens is 356 g/mol. The summed E-state index contributed by atoms with van der Waals surface area (Å²) >= 11 is 0. The van der Waals surface area contributed by atoms with Gasteiger partial charge in [0.25, 0.3) is 0 Å². The topological polar surface area (TPSA) is 63.0 Å². The molecule has 0 fully saturated rings. The lowest BCUT2D eigenvalue weighted by Crippen LogP contribution is -2.03. The van der Waals surface area contributed by atoms with Crippen LogP contribution in [0.25, 0.3) is 22.5 Å². The van der Waals surface area contributed by atoms with Gasteiger partial charge in [-0.25, -0.2) is 4.98 Å². The second-order valence-electron chi connectivity index (χ2n) is 7.31. The number of rotatable bonds is 6. The van der Waals surface area contributed by atoms with Gasteiger partial charge in [0, 0.05) is 31.9 Å². The van der Waals surface area contributed by atoms with Gasteiger partial charge < -0.3 is 16.4 Å². The maximum atomic E-state index is 5.93. The zero-order valence-electron chi connectivity index (χ0n) is 17.9. The molecule has 0 aliphatic carbocycles. The van der Waals surface area contributed by atoms with E-state index in [2.05, 4.69) is 66.4 Å². The van der Waals surface area contributed by atoms with E-state index in [4.69, 9.17) is 5.73 Å². The summed E-state index contributed by atoms with van der Waals surface area (Å²) < 4.78 is 0. The van der Waals surface area contributed by atoms with Crippen molar-refractivity contribution in [2.45, 2.75) is 20.3 Å². The van der Waals surface area contributed by atoms with Crippen molar-refractivity contribution in [2.24, 2.45) is 11.7 Å². The summed E-state index contributed by atoms with van der Waals surface area (Å²) in [6, 6.07) is 16.7. The number of fused-ring (bicyclic) bond motifs is 1. The number of anilines is 1. The third-order valence-corrected chi connectivity index (χ3v) is 4.47. The molecule has 152 valence electrons. The molecule has 0 aliphatic heterocycles. The van der Waals surface area contributed by atoms with Crippen molar-refractivity contribution in [2.75, 3.05) is 19.4 Å². The fraction of sp³-hybridized carbons (Fsp3) is 0.240. The van der Waals surface area contributed by atoms with Crippen LogP contribution in [0.4, 0.5) is 5.82 Å². The van der Waals surface area contributed by atoms with Gasteiger partial charge in [-0.15, -0.1) is 0 Å². The van der Waals surface area contributed by atoms with Gasteiger partial charge >= 0.3 is 0 Å². The van der Waals surface area contributed by atoms with Gasteiger partial charge in [-0.1, -0.05) is 62.9 Å². The third-order valence-electron chi connectivity index (χ3n) is 4.47. The predicted octanol–water partition coefficient (Wildman–Crippen LogP) is 5.28. The molecule has 1 heterocycles. The molecule has 0 aliphatic rings. The maximum Gasteiger partial charge on any atom is 0.126 e. The minimum absolute atomic E-state index is 0.720. The van der Waals surface area contributed by atoms with Gasteiger partial charge in [-0.05, 0) is 46.5 Å². The van der Waals surface area contributed by atoms with Gasteiger partial charge in [0.2, 0.25) is 0 Å². The van der Waals surface area contributed by atoms with Crippen molar-refractivity contribution < 1.29 is 0 Å². The molecule has 0 bridgehead atoms. The first-order chi connectivity index (χ1) is 14.0. The van der Waals surface area contributed by atoms with E-state index in [1.165, 1.54) is 11.1 Å². The molecule has 3 aromatic rings. The first-order valence-electron chi connectivity index (χ1n) is 9.89. The van der Waals surface area contributed by atoms with Crippen LogP contribution in [0.15, 0.2) is 67.5 Å². The van der Waals surface area contributed by atoms with Crippen molar-refractivity contribution in [1.29, 1.82) is 0 Å². The van der Waals surface area contributed by atoms with E-state index in [1.807, 2.05) is 44.6 Å². The average Bonchev–Trinajstić information content (AvgIpc) is 2.73. The van der Waals surface area contributed by atoms with E-state index in [0.29, 0.717) is 0 Å². The minimum atomic E-state index is 0.720. The summed E-state index contributed by atoms with van der Waals surface area (Å²) in [6.45, 7) is 8.20. The number of pyridine rings is 1. The summed E-state index contributed by atoms with van der Waals surface area (Å²) in [4.78, 5) is 4.27. The number of benzene rings is 2. The summed E-state index contributed by atoms with van der Waals surface area (Å²) in [5, 5.41) is 8.17. The lowest BCUT2D eigenvalue weighted by atomic mass is 10.0. The lowest BCUT2D eigenvalue weighted by Gasteiger charge is -2.06. The molecular formula is C25H32N4. The normalized spacial score (nSPS) is 11.0. The van der Waals surface area contributed by atoms with E-state index >= 15 is 0 Å². The van der Waals surface area contributed by atoms with E-state index in [1.54, 1.807) is 6.20 Å². The first-order valence-corrected chi connectivity index (χ1v) is 9.89. The number of hydrogen-bond acceptors (Lipinski definition) is 4. The Kier molecular flexibility index (Phi) is 8.28. The van der Waals surface area contributed by atoms with Gasteiger partial charge in [0.05, 0.1) is 5.70 Å². The maximum absolute atomic E-state index is 5.93. The highest BCUT2D eigenvalue weighted by Crippen LogP contribution is 2.20. The smallest absolute Gasteiger partial charge is 0.126 e. The SMILES string of the molecule is C=Cc1ccc(CC(C)C)cc1.CN/C=C(\N)c1ccc2cnc(NC)cc2c1. The summed E-state index contributed by atoms with van der Waals surface area (Å²) in [5.74, 6) is 1.59. The summed E-state index contributed by atoms with van der Waals surface area (Å²) in [6.07, 6.45) is 6.67. The standard InChI is InChI=1S/C13H16N4.C12H16/c1-15-8-12(14)9-3-4-10-7-17-13(16-2)6-11(10)5-9;1-4-11-5-7-12(8-6-11)9-10(2)3/h3-8,15H,14H2,1-2H3,(H,16,17);4-8,10H,1,9H2,2-3H3/b12-8-;. The molecule has 4 nitrogen and oxygen atoms in total. The Morgan fingerprint density at radius 2 is 1.79 bits per heavy atom. The molecule has 2 aromatic carbocycles. The Balaban J connectivity index is 0.000000221. The van der Waals surface area contributed by atoms with Gasteiger partial charge in [0.1, 0.15) is 5.82 Å². The van der Waals surface area contributed by atoms with Crippen LogP contribution in [0.5, 0.6) is 0 Å². The largest absolute Gasteiger partial charge is 0.397 e. The number of hydrogen-bond donors (Lipinski definition) is 3. The molecule has 0 saturated heterocycles. The van der Waals surface area contributed by atoms with Gasteiger partial charge in [-0.3, -0.25) is 0 Å². The number of nitrogens with zero attached hydrogens (tertiary/aromatic N) is 1. The monoisotopic (exact) mass is 388 g/mol. The molecule has 0 saturated carbocycles. The van der Waals surface area contributed by atoms with Gasteiger partial charge in [-0.2, -0.15) is 0 Å². The minimum Gasteiger partial charge on any atom is -0.397 e. The Morgan fingerprint density at radius 3 is 2.38 bits per heavy atom. The van der Waals surface area contributed by atoms with Crippen molar-refractivity contribution >= 4 is 28.4 Å². The zero-order chi connectivity index (χ0) is 21.2. The van der Waals surface area contributed by atoms with E-state index < -0.39 is 0 Å². The van der Waals surface area contributed by atoms with E-state index in [-0.39, 0.29) is 0 Å². The number of aromatic nitrogens is 1. The van der Waals surface area contributed by atoms with Crippen LogP contribution in [0.2, 0.25) is 0 Å². The highest BCUT2D eigenvalue weighted by atomic mass is 14.9. The molecule has 3 rings (SSSR count). The quantitative estimate of drug-likeness (QED) is 0.537. The van der Waals surface area contributed by atoms with Crippen LogP contribution in [-0.2, 0) is 6.42 Å². The lowest BCUT2D eigenvalue weighted by molar-refractivity contribution is 0.647. The van der Waals surface area contributed by atoms with Crippen molar-refractivity contribution in [1.82, 2.24) is 10.3 Å². The molecule has 29 heavy (non-hydrogen) atoms. The molecule has 4 N–H and O–H groups in total. The molecule has 0 radical (unpaired) electrons. The molecule has 1 aromatic heterocycles. The summed E-state index contributed by atoms with van der Waals surface area (Å²) in [7, 11) is 3.68. The van der Waals surface area contributed by atoms with Crippen LogP contribution < -0.4 is 16.4 Å². The summed E-state index contributed by atoms with van der Waals surface area (Å²) in [5.41, 5.74) is 10.3. The molecule has 4 heteroatoms. The molecule has 0 unspecified atom stereocenters. The Morgan fingerprint density at radius 1 is 1.07 bits per heavy atom. The van der Waals surface area contributed by atoms with Crippen molar-refractivity contribution in [3.63, 3.8) is 0 Å². The van der Waals surface area contributed by atoms with Crippen LogP contribution in [0, 0.1) is 5.92 Å². The average molecular weight is 389 g/mol. The highest BCUT2D eigenvalue weighted by molar-refractivity contribution is 5.87. The molecule has 0 spiro atoms. The zero-order valence-corrected chi connectivity index (χ0v) is 17.9. The van der Waals surface area contributed by atoms with Gasteiger partial charge in [0.15, 0.2) is 0 Å². The Labute approximate surface area is 174 Å². The molecule has 0 atom stereocenters. The second-order valence-corrected chi connectivity index (χ2v) is 7.31.